The van der Waals surface area contributed by atoms with Gasteiger partial charge in [-0.2, -0.15) is 5.10 Å². The summed E-state index contributed by atoms with van der Waals surface area (Å²) in [6, 6.07) is 20.2. The largest absolute Gasteiger partial charge is 0.496 e. The van der Waals surface area contributed by atoms with Crippen LogP contribution in [0.4, 0.5) is 5.95 Å². The first-order valence-corrected chi connectivity index (χ1v) is 9.97. The summed E-state index contributed by atoms with van der Waals surface area (Å²) < 4.78 is 6.76. The first-order valence-electron chi connectivity index (χ1n) is 9.16. The number of ether oxygens (including phenoxy) is 1. The molecule has 0 aliphatic rings. The van der Waals surface area contributed by atoms with E-state index in [9.17, 15) is 0 Å². The Balaban J connectivity index is 1.48. The van der Waals surface area contributed by atoms with E-state index in [1.54, 1.807) is 24.6 Å². The molecule has 0 saturated heterocycles. The lowest BCUT2D eigenvalue weighted by Gasteiger charge is -2.12. The van der Waals surface area contributed by atoms with Crippen LogP contribution in [0.5, 0.6) is 5.75 Å². The van der Waals surface area contributed by atoms with E-state index in [-0.39, 0.29) is 0 Å². The molecule has 6 nitrogen and oxygen atoms in total. The Bertz CT molecular complexity index is 1280. The van der Waals surface area contributed by atoms with Gasteiger partial charge in [-0.3, -0.25) is 0 Å². The lowest BCUT2D eigenvalue weighted by molar-refractivity contribution is 0.417. The van der Waals surface area contributed by atoms with E-state index in [0.29, 0.717) is 18.2 Å². The highest BCUT2D eigenvalue weighted by Crippen LogP contribution is 2.35. The number of rotatable bonds is 5. The molecule has 0 radical (unpaired) electrons. The van der Waals surface area contributed by atoms with Crippen molar-refractivity contribution < 1.29 is 4.74 Å². The number of nitrogens with one attached hydrogen (secondary N) is 1. The number of anilines is 1. The van der Waals surface area contributed by atoms with Crippen LogP contribution in [0.1, 0.15) is 5.01 Å². The van der Waals surface area contributed by atoms with Gasteiger partial charge in [-0.1, -0.05) is 42.5 Å². The fraction of sp³-hybridized carbons (Fsp3) is 0.0909. The van der Waals surface area contributed by atoms with Crippen LogP contribution >= 0.6 is 11.3 Å². The standard InChI is InChI=1S/C22H17N5OS/c1-28-18-11-10-14-6-2-3-7-15(14)21(18)17-12-24-27-22(26-17)23-13-20-25-16-8-4-5-9-19(16)29-20/h2-12H,13H2,1H3,(H,23,26,27). The number of para-hydroxylation sites is 1. The molecule has 5 aromatic rings. The van der Waals surface area contributed by atoms with Crippen LogP contribution in [0.15, 0.2) is 66.9 Å². The average molecular weight is 399 g/mol. The molecule has 0 aliphatic carbocycles. The summed E-state index contributed by atoms with van der Waals surface area (Å²) in [5, 5.41) is 14.7. The lowest BCUT2D eigenvalue weighted by Crippen LogP contribution is -2.05. The van der Waals surface area contributed by atoms with E-state index in [0.717, 1.165) is 37.3 Å². The van der Waals surface area contributed by atoms with Gasteiger partial charge < -0.3 is 10.1 Å². The minimum atomic E-state index is 0.455. The second kappa shape index (κ2) is 7.44. The van der Waals surface area contributed by atoms with Gasteiger partial charge in [-0.25, -0.2) is 9.97 Å². The monoisotopic (exact) mass is 399 g/mol. The highest BCUT2D eigenvalue weighted by atomic mass is 32.1. The van der Waals surface area contributed by atoms with Crippen molar-refractivity contribution >= 4 is 38.3 Å². The molecule has 5 rings (SSSR count). The number of aromatic nitrogens is 4. The van der Waals surface area contributed by atoms with Gasteiger partial charge in [0.2, 0.25) is 5.95 Å². The van der Waals surface area contributed by atoms with E-state index in [2.05, 4.69) is 43.7 Å². The minimum absolute atomic E-state index is 0.455. The summed E-state index contributed by atoms with van der Waals surface area (Å²) in [6.07, 6.45) is 1.66. The van der Waals surface area contributed by atoms with Crippen molar-refractivity contribution in [3.8, 4) is 17.0 Å². The minimum Gasteiger partial charge on any atom is -0.496 e. The fourth-order valence-corrected chi connectivity index (χ4v) is 4.24. The van der Waals surface area contributed by atoms with Gasteiger partial charge in [0.15, 0.2) is 0 Å². The van der Waals surface area contributed by atoms with Crippen LogP contribution in [0.2, 0.25) is 0 Å². The van der Waals surface area contributed by atoms with Gasteiger partial charge in [0.25, 0.3) is 0 Å². The zero-order valence-corrected chi connectivity index (χ0v) is 16.5. The van der Waals surface area contributed by atoms with Crippen molar-refractivity contribution in [1.82, 2.24) is 20.2 Å². The maximum atomic E-state index is 5.59. The number of nitrogens with zero attached hydrogens (tertiary/aromatic N) is 4. The number of hydrogen-bond acceptors (Lipinski definition) is 7. The van der Waals surface area contributed by atoms with E-state index < -0.39 is 0 Å². The summed E-state index contributed by atoms with van der Waals surface area (Å²) in [4.78, 5) is 9.32. The van der Waals surface area contributed by atoms with Crippen LogP contribution in [0, 0.1) is 0 Å². The van der Waals surface area contributed by atoms with E-state index >= 15 is 0 Å². The van der Waals surface area contributed by atoms with Crippen LogP contribution in [0.25, 0.3) is 32.2 Å². The Morgan fingerprint density at radius 2 is 1.83 bits per heavy atom. The van der Waals surface area contributed by atoms with Crippen molar-refractivity contribution in [1.29, 1.82) is 0 Å². The SMILES string of the molecule is COc1ccc2ccccc2c1-c1cnnc(NCc2nc3ccccc3s2)n1. The lowest BCUT2D eigenvalue weighted by atomic mass is 10.0. The van der Waals surface area contributed by atoms with Crippen molar-refractivity contribution in [3.63, 3.8) is 0 Å². The van der Waals surface area contributed by atoms with Crippen LogP contribution < -0.4 is 10.1 Å². The van der Waals surface area contributed by atoms with Crippen LogP contribution in [0.3, 0.4) is 0 Å². The van der Waals surface area contributed by atoms with Gasteiger partial charge >= 0.3 is 0 Å². The maximum Gasteiger partial charge on any atom is 0.243 e. The maximum absolute atomic E-state index is 5.59. The molecule has 0 atom stereocenters. The van der Waals surface area contributed by atoms with Crippen molar-refractivity contribution in [3.05, 3.63) is 71.9 Å². The Hall–Kier alpha value is -3.58. The molecule has 0 unspecified atom stereocenters. The molecule has 3 aromatic carbocycles. The second-order valence-electron chi connectivity index (χ2n) is 6.46. The van der Waals surface area contributed by atoms with Gasteiger partial charge in [-0.15, -0.1) is 16.4 Å². The summed E-state index contributed by atoms with van der Waals surface area (Å²) in [5.41, 5.74) is 2.62. The van der Waals surface area contributed by atoms with E-state index in [1.165, 1.54) is 0 Å². The molecule has 0 saturated carbocycles. The topological polar surface area (TPSA) is 72.8 Å². The molecule has 7 heteroatoms. The molecule has 29 heavy (non-hydrogen) atoms. The van der Waals surface area contributed by atoms with E-state index in [4.69, 9.17) is 4.74 Å². The number of hydrogen-bond donors (Lipinski definition) is 1. The third kappa shape index (κ3) is 3.36. The molecule has 0 fully saturated rings. The summed E-state index contributed by atoms with van der Waals surface area (Å²) in [6.45, 7) is 0.539. The summed E-state index contributed by atoms with van der Waals surface area (Å²) >= 11 is 1.66. The number of benzene rings is 3. The number of methoxy groups -OCH3 is 1. The van der Waals surface area contributed by atoms with Crippen LogP contribution in [-0.4, -0.2) is 27.3 Å². The highest BCUT2D eigenvalue weighted by molar-refractivity contribution is 7.18. The zero-order valence-electron chi connectivity index (χ0n) is 15.7. The van der Waals surface area contributed by atoms with Gasteiger partial charge in [0, 0.05) is 0 Å². The Morgan fingerprint density at radius 3 is 2.72 bits per heavy atom. The van der Waals surface area contributed by atoms with Crippen molar-refractivity contribution in [2.24, 2.45) is 0 Å². The van der Waals surface area contributed by atoms with Gasteiger partial charge in [0.1, 0.15) is 10.8 Å². The van der Waals surface area contributed by atoms with Crippen LogP contribution in [-0.2, 0) is 6.54 Å². The molecule has 0 bridgehead atoms. The first kappa shape index (κ1) is 17.5. The molecule has 0 amide bonds. The Kier molecular flexibility index (Phi) is 4.50. The Morgan fingerprint density at radius 1 is 0.966 bits per heavy atom. The third-order valence-corrected chi connectivity index (χ3v) is 5.70. The van der Waals surface area contributed by atoms with Gasteiger partial charge in [0.05, 0.1) is 41.3 Å². The summed E-state index contributed by atoms with van der Waals surface area (Å²) in [7, 11) is 1.66. The smallest absolute Gasteiger partial charge is 0.243 e. The van der Waals surface area contributed by atoms with E-state index in [1.807, 2.05) is 42.5 Å². The quantitative estimate of drug-likeness (QED) is 0.452. The molecule has 142 valence electrons. The molecule has 2 heterocycles. The molecular weight excluding hydrogens is 382 g/mol. The molecule has 0 spiro atoms. The molecule has 0 aliphatic heterocycles. The first-order chi connectivity index (χ1) is 14.3. The van der Waals surface area contributed by atoms with Crippen molar-refractivity contribution in [2.45, 2.75) is 6.54 Å². The molecular formula is C22H17N5OS. The normalized spacial score (nSPS) is 11.1. The summed E-state index contributed by atoms with van der Waals surface area (Å²) in [5.74, 6) is 1.21. The fourth-order valence-electron chi connectivity index (χ4n) is 3.33. The number of fused-ring (bicyclic) bond motifs is 2. The predicted molar refractivity (Wildman–Crippen MR) is 116 cm³/mol. The predicted octanol–water partition coefficient (Wildman–Crippen LogP) is 4.92. The zero-order chi connectivity index (χ0) is 19.6. The number of thiazole rings is 1. The van der Waals surface area contributed by atoms with Crippen molar-refractivity contribution in [2.75, 3.05) is 12.4 Å². The second-order valence-corrected chi connectivity index (χ2v) is 7.57. The highest BCUT2D eigenvalue weighted by Gasteiger charge is 2.14. The molecule has 1 N–H and O–H groups in total. The third-order valence-electron chi connectivity index (χ3n) is 4.66. The average Bonchev–Trinajstić information content (AvgIpc) is 3.20. The Labute approximate surface area is 171 Å². The van der Waals surface area contributed by atoms with Gasteiger partial charge in [-0.05, 0) is 29.0 Å². The molecule has 2 aromatic heterocycles.